The van der Waals surface area contributed by atoms with E-state index in [-0.39, 0.29) is 0 Å². The molecule has 0 aliphatic heterocycles. The van der Waals surface area contributed by atoms with Gasteiger partial charge in [0.25, 0.3) is 5.92 Å². The largest absolute Gasteiger partial charge is 0.509 e. The first-order valence-corrected chi connectivity index (χ1v) is 4.10. The maximum absolute atomic E-state index is 12.5. The molecule has 0 saturated carbocycles. The second-order valence-corrected chi connectivity index (χ2v) is 3.81. The van der Waals surface area contributed by atoms with Crippen molar-refractivity contribution in [1.29, 1.82) is 0 Å². The van der Waals surface area contributed by atoms with E-state index in [1.165, 1.54) is 0 Å². The number of rotatable bonds is 3. The Bertz CT molecular complexity index is 201. The van der Waals surface area contributed by atoms with Crippen molar-refractivity contribution in [2.45, 2.75) is 32.3 Å². The van der Waals surface area contributed by atoms with E-state index in [2.05, 4.69) is 9.47 Å². The number of hydrogen-bond donors (Lipinski definition) is 1. The lowest BCUT2D eigenvalue weighted by Crippen LogP contribution is -2.35. The summed E-state index contributed by atoms with van der Waals surface area (Å²) < 4.78 is 33.8. The van der Waals surface area contributed by atoms with E-state index in [4.69, 9.17) is 5.73 Å². The van der Waals surface area contributed by atoms with E-state index in [0.717, 1.165) is 0 Å². The predicted molar refractivity (Wildman–Crippen MR) is 46.2 cm³/mol. The highest BCUT2D eigenvalue weighted by Gasteiger charge is 2.30. The van der Waals surface area contributed by atoms with Gasteiger partial charge in [0, 0.05) is 0 Å². The molecule has 0 fully saturated rings. The maximum Gasteiger partial charge on any atom is 0.509 e. The summed E-state index contributed by atoms with van der Waals surface area (Å²) in [5.41, 5.74) is 3.98. The van der Waals surface area contributed by atoms with Crippen molar-refractivity contribution in [3.63, 3.8) is 0 Å². The predicted octanol–water partition coefficient (Wildman–Crippen LogP) is 1.53. The van der Waals surface area contributed by atoms with E-state index < -0.39 is 30.8 Å². The minimum Gasteiger partial charge on any atom is -0.429 e. The van der Waals surface area contributed by atoms with E-state index in [0.29, 0.717) is 0 Å². The van der Waals surface area contributed by atoms with Crippen molar-refractivity contribution in [3.05, 3.63) is 0 Å². The Balaban J connectivity index is 3.87. The van der Waals surface area contributed by atoms with E-state index in [1.807, 2.05) is 0 Å². The number of halogens is 2. The molecule has 0 aliphatic carbocycles. The van der Waals surface area contributed by atoms with Crippen LogP contribution in [0.1, 0.15) is 20.8 Å². The normalized spacial score (nSPS) is 12.4. The highest BCUT2D eigenvalue weighted by molar-refractivity contribution is 5.60. The summed E-state index contributed by atoms with van der Waals surface area (Å²) in [6.45, 7) is 2.90. The number of alkyl halides is 2. The summed E-state index contributed by atoms with van der Waals surface area (Å²) in [7, 11) is 0. The van der Waals surface area contributed by atoms with Crippen molar-refractivity contribution in [2.75, 3.05) is 13.2 Å². The molecule has 0 bridgehead atoms. The minimum absolute atomic E-state index is 0.755. The topological polar surface area (TPSA) is 61.5 Å². The van der Waals surface area contributed by atoms with Gasteiger partial charge in [-0.25, -0.2) is 13.6 Å². The van der Waals surface area contributed by atoms with E-state index >= 15 is 0 Å². The van der Waals surface area contributed by atoms with Gasteiger partial charge < -0.3 is 15.2 Å². The molecule has 0 heterocycles. The SMILES string of the molecule is CC(C)(C)OC(=O)OCC(F)(F)CN. The molecule has 4 nitrogen and oxygen atoms in total. The van der Waals surface area contributed by atoms with Crippen LogP contribution in [0.5, 0.6) is 0 Å². The first-order valence-electron chi connectivity index (χ1n) is 4.10. The van der Waals surface area contributed by atoms with E-state index in [9.17, 15) is 13.6 Å². The number of nitrogens with two attached hydrogens (primary N) is 1. The Morgan fingerprint density at radius 3 is 2.21 bits per heavy atom. The molecule has 0 atom stereocenters. The summed E-state index contributed by atoms with van der Waals surface area (Å²) in [4.78, 5) is 10.8. The Morgan fingerprint density at radius 2 is 1.86 bits per heavy atom. The second kappa shape index (κ2) is 4.54. The lowest BCUT2D eigenvalue weighted by atomic mass is 10.2. The number of ether oxygens (including phenoxy) is 2. The standard InChI is InChI=1S/C8H15F2NO3/c1-7(2,3)14-6(12)13-5-8(9,10)4-11/h4-5,11H2,1-3H3. The van der Waals surface area contributed by atoms with Crippen LogP contribution in [-0.2, 0) is 9.47 Å². The van der Waals surface area contributed by atoms with Crippen LogP contribution in [0, 0.1) is 0 Å². The van der Waals surface area contributed by atoms with Crippen molar-refractivity contribution in [3.8, 4) is 0 Å². The van der Waals surface area contributed by atoms with Crippen LogP contribution in [-0.4, -0.2) is 30.8 Å². The van der Waals surface area contributed by atoms with Gasteiger partial charge in [-0.15, -0.1) is 0 Å². The van der Waals surface area contributed by atoms with Gasteiger partial charge in [-0.1, -0.05) is 0 Å². The number of carbonyl (C=O) groups excluding carboxylic acids is 1. The Labute approximate surface area is 81.4 Å². The van der Waals surface area contributed by atoms with Gasteiger partial charge in [0.05, 0.1) is 6.54 Å². The molecule has 0 radical (unpaired) electrons. The summed E-state index contributed by atoms with van der Waals surface area (Å²) in [5.74, 6) is -3.20. The minimum atomic E-state index is -3.20. The van der Waals surface area contributed by atoms with Crippen LogP contribution >= 0.6 is 0 Å². The smallest absolute Gasteiger partial charge is 0.429 e. The van der Waals surface area contributed by atoms with Gasteiger partial charge in [-0.05, 0) is 20.8 Å². The van der Waals surface area contributed by atoms with Crippen LogP contribution in [0.3, 0.4) is 0 Å². The van der Waals surface area contributed by atoms with Gasteiger partial charge in [0.15, 0.2) is 6.61 Å². The van der Waals surface area contributed by atoms with Crippen molar-refractivity contribution in [1.82, 2.24) is 0 Å². The maximum atomic E-state index is 12.5. The molecule has 14 heavy (non-hydrogen) atoms. The molecular formula is C8H15F2NO3. The van der Waals surface area contributed by atoms with Crippen LogP contribution in [0.15, 0.2) is 0 Å². The lowest BCUT2D eigenvalue weighted by molar-refractivity contribution is -0.0762. The zero-order chi connectivity index (χ0) is 11.4. The summed E-state index contributed by atoms with van der Waals surface area (Å²) >= 11 is 0. The van der Waals surface area contributed by atoms with Gasteiger partial charge in [0.1, 0.15) is 5.60 Å². The molecule has 0 aromatic carbocycles. The zero-order valence-electron chi connectivity index (χ0n) is 8.47. The molecular weight excluding hydrogens is 196 g/mol. The van der Waals surface area contributed by atoms with Gasteiger partial charge in [-0.3, -0.25) is 0 Å². The van der Waals surface area contributed by atoms with Gasteiger partial charge in [0.2, 0.25) is 0 Å². The van der Waals surface area contributed by atoms with Crippen LogP contribution in [0.25, 0.3) is 0 Å². The first kappa shape index (κ1) is 13.1. The highest BCUT2D eigenvalue weighted by Crippen LogP contribution is 2.13. The van der Waals surface area contributed by atoms with Gasteiger partial charge in [-0.2, -0.15) is 0 Å². The molecule has 0 aromatic rings. The van der Waals surface area contributed by atoms with Crippen molar-refractivity contribution >= 4 is 6.16 Å². The fourth-order valence-electron chi connectivity index (χ4n) is 0.503. The third-order valence-corrected chi connectivity index (χ3v) is 1.09. The summed E-state index contributed by atoms with van der Waals surface area (Å²) in [6, 6.07) is 0. The van der Waals surface area contributed by atoms with E-state index in [1.54, 1.807) is 20.8 Å². The first-order chi connectivity index (χ1) is 6.16. The van der Waals surface area contributed by atoms with Crippen LogP contribution < -0.4 is 5.73 Å². The fraction of sp³-hybridized carbons (Fsp3) is 0.875. The summed E-state index contributed by atoms with van der Waals surface area (Å²) in [6.07, 6.45) is -1.12. The molecule has 0 spiro atoms. The second-order valence-electron chi connectivity index (χ2n) is 3.81. The highest BCUT2D eigenvalue weighted by atomic mass is 19.3. The fourth-order valence-corrected chi connectivity index (χ4v) is 0.503. The number of hydrogen-bond acceptors (Lipinski definition) is 4. The quantitative estimate of drug-likeness (QED) is 0.719. The van der Waals surface area contributed by atoms with Crippen molar-refractivity contribution in [2.24, 2.45) is 5.73 Å². The lowest BCUT2D eigenvalue weighted by Gasteiger charge is -2.20. The molecule has 0 aliphatic rings. The molecule has 84 valence electrons. The molecule has 0 rings (SSSR count). The molecule has 6 heteroatoms. The zero-order valence-corrected chi connectivity index (χ0v) is 8.47. The molecule has 0 amide bonds. The van der Waals surface area contributed by atoms with Crippen molar-refractivity contribution < 1.29 is 23.0 Å². The molecule has 0 saturated heterocycles. The number of carbonyl (C=O) groups is 1. The van der Waals surface area contributed by atoms with Crippen LogP contribution in [0.2, 0.25) is 0 Å². The molecule has 0 aromatic heterocycles. The van der Waals surface area contributed by atoms with Gasteiger partial charge >= 0.3 is 6.16 Å². The molecule has 2 N–H and O–H groups in total. The monoisotopic (exact) mass is 211 g/mol. The third-order valence-electron chi connectivity index (χ3n) is 1.09. The Kier molecular flexibility index (Phi) is 4.25. The third kappa shape index (κ3) is 6.59. The van der Waals surface area contributed by atoms with Crippen LogP contribution in [0.4, 0.5) is 13.6 Å². The average molecular weight is 211 g/mol. The average Bonchev–Trinajstić information content (AvgIpc) is 1.98. The Hall–Kier alpha value is -0.910. The summed E-state index contributed by atoms with van der Waals surface area (Å²) in [5, 5.41) is 0. The molecule has 0 unspecified atom stereocenters. The Morgan fingerprint density at radius 1 is 1.36 bits per heavy atom.